The van der Waals surface area contributed by atoms with Crippen molar-refractivity contribution in [1.82, 2.24) is 9.80 Å². The van der Waals surface area contributed by atoms with Crippen LogP contribution in [0.2, 0.25) is 10.0 Å². The molecule has 0 atom stereocenters. The number of fused-ring (bicyclic) bond motifs is 1. The maximum absolute atomic E-state index is 13.3. The van der Waals surface area contributed by atoms with E-state index in [1.807, 2.05) is 0 Å². The molecule has 0 aliphatic carbocycles. The molecule has 0 fully saturated rings. The van der Waals surface area contributed by atoms with Gasteiger partial charge in [0.15, 0.2) is 6.61 Å². The minimum absolute atomic E-state index is 0.0375. The molecule has 10 heteroatoms. The molecule has 0 N–H and O–H groups in total. The van der Waals surface area contributed by atoms with E-state index < -0.39 is 42.7 Å². The molecule has 2 aromatic rings. The van der Waals surface area contributed by atoms with Crippen molar-refractivity contribution < 1.29 is 28.3 Å². The number of hydrogen-bond donors (Lipinski definition) is 0. The zero-order chi connectivity index (χ0) is 22.7. The van der Waals surface area contributed by atoms with Crippen molar-refractivity contribution in [2.45, 2.75) is 13.5 Å². The number of nitrogens with zero attached hydrogens (tertiary/aromatic N) is 2. The summed E-state index contributed by atoms with van der Waals surface area (Å²) in [4.78, 5) is 51.4. The molecule has 0 bridgehead atoms. The Hall–Kier alpha value is -2.97. The summed E-state index contributed by atoms with van der Waals surface area (Å²) in [5, 5.41) is 0.212. The van der Waals surface area contributed by atoms with Crippen LogP contribution in [-0.2, 0) is 20.9 Å². The highest BCUT2D eigenvalue weighted by molar-refractivity contribution is 6.43. The first kappa shape index (κ1) is 22.7. The lowest BCUT2D eigenvalue weighted by Crippen LogP contribution is -2.38. The van der Waals surface area contributed by atoms with Crippen molar-refractivity contribution in [3.8, 4) is 0 Å². The van der Waals surface area contributed by atoms with E-state index in [2.05, 4.69) is 0 Å². The van der Waals surface area contributed by atoms with Crippen LogP contribution in [0.4, 0.5) is 4.39 Å². The van der Waals surface area contributed by atoms with Crippen LogP contribution in [0, 0.1) is 5.82 Å². The van der Waals surface area contributed by atoms with Crippen LogP contribution in [0.5, 0.6) is 0 Å². The first-order chi connectivity index (χ1) is 14.7. The molecule has 31 heavy (non-hydrogen) atoms. The predicted octanol–water partition coefficient (Wildman–Crippen LogP) is 3.32. The van der Waals surface area contributed by atoms with Crippen molar-refractivity contribution in [3.63, 3.8) is 0 Å². The summed E-state index contributed by atoms with van der Waals surface area (Å²) in [7, 11) is 0. The van der Waals surface area contributed by atoms with Crippen molar-refractivity contribution in [2.75, 3.05) is 19.7 Å². The largest absolute Gasteiger partial charge is 0.454 e. The monoisotopic (exact) mass is 466 g/mol. The maximum Gasteiger partial charge on any atom is 0.326 e. The second kappa shape index (κ2) is 9.45. The molecule has 7 nitrogen and oxygen atoms in total. The minimum atomic E-state index is -0.929. The Morgan fingerprint density at radius 1 is 1.06 bits per heavy atom. The van der Waals surface area contributed by atoms with Crippen LogP contribution >= 0.6 is 23.2 Å². The zero-order valence-corrected chi connectivity index (χ0v) is 17.9. The Balaban J connectivity index is 1.57. The summed E-state index contributed by atoms with van der Waals surface area (Å²) in [5.41, 5.74) is 0.663. The number of carbonyl (C=O) groups excluding carboxylic acids is 4. The lowest BCUT2D eigenvalue weighted by Gasteiger charge is -2.21. The highest BCUT2D eigenvalue weighted by Crippen LogP contribution is 2.31. The van der Waals surface area contributed by atoms with E-state index in [1.165, 1.54) is 35.2 Å². The third-order valence-corrected chi connectivity index (χ3v) is 5.37. The fraction of sp³-hybridized carbons (Fsp3) is 0.238. The van der Waals surface area contributed by atoms with Gasteiger partial charge in [-0.25, -0.2) is 4.39 Å². The molecule has 0 radical (unpaired) electrons. The first-order valence-corrected chi connectivity index (χ1v) is 10.00. The molecular weight excluding hydrogens is 450 g/mol. The number of rotatable bonds is 7. The molecule has 1 heterocycles. The number of halogens is 3. The van der Waals surface area contributed by atoms with E-state index in [4.69, 9.17) is 27.9 Å². The third-order valence-electron chi connectivity index (χ3n) is 4.65. The van der Waals surface area contributed by atoms with E-state index in [1.54, 1.807) is 13.0 Å². The Bertz CT molecular complexity index is 1030. The SMILES string of the molecule is CCN(Cc1cccc(F)c1)C(=O)COC(=O)CN1C(=O)c2cc(Cl)c(Cl)cc2C1=O. The number of likely N-dealkylation sites (N-methyl/N-ethyl adjacent to an activating group) is 1. The smallest absolute Gasteiger partial charge is 0.326 e. The van der Waals surface area contributed by atoms with E-state index in [0.717, 1.165) is 0 Å². The molecule has 1 aliphatic rings. The summed E-state index contributed by atoms with van der Waals surface area (Å²) in [6.07, 6.45) is 0. The zero-order valence-electron chi connectivity index (χ0n) is 16.4. The highest BCUT2D eigenvalue weighted by Gasteiger charge is 2.37. The number of ether oxygens (including phenoxy) is 1. The third kappa shape index (κ3) is 5.03. The van der Waals surface area contributed by atoms with Gasteiger partial charge in [0.25, 0.3) is 17.7 Å². The summed E-state index contributed by atoms with van der Waals surface area (Å²) in [5.74, 6) is -3.26. The summed E-state index contributed by atoms with van der Waals surface area (Å²) < 4.78 is 18.3. The van der Waals surface area contributed by atoms with Gasteiger partial charge >= 0.3 is 5.97 Å². The van der Waals surface area contributed by atoms with Crippen LogP contribution < -0.4 is 0 Å². The van der Waals surface area contributed by atoms with Crippen molar-refractivity contribution in [1.29, 1.82) is 0 Å². The van der Waals surface area contributed by atoms with E-state index in [0.29, 0.717) is 17.0 Å². The standard InChI is InChI=1S/C21H17Cl2FN2O5/c1-2-25(9-12-4-3-5-13(24)6-12)18(27)11-31-19(28)10-26-20(29)14-7-16(22)17(23)8-15(14)21(26)30/h3-8H,2,9-11H2,1H3. The van der Waals surface area contributed by atoms with Crippen LogP contribution in [0.1, 0.15) is 33.2 Å². The minimum Gasteiger partial charge on any atom is -0.454 e. The molecule has 3 amide bonds. The Morgan fingerprint density at radius 2 is 1.68 bits per heavy atom. The number of imide groups is 1. The van der Waals surface area contributed by atoms with E-state index in [9.17, 15) is 23.6 Å². The molecule has 3 rings (SSSR count). The highest BCUT2D eigenvalue weighted by atomic mass is 35.5. The number of esters is 1. The lowest BCUT2D eigenvalue weighted by atomic mass is 10.1. The molecule has 0 saturated carbocycles. The number of carbonyl (C=O) groups is 4. The van der Waals surface area contributed by atoms with Gasteiger partial charge in [-0.3, -0.25) is 24.1 Å². The molecule has 0 aromatic heterocycles. The fourth-order valence-electron chi connectivity index (χ4n) is 3.07. The number of amides is 3. The van der Waals surface area contributed by atoms with Crippen LogP contribution in [-0.4, -0.2) is 53.2 Å². The fourth-order valence-corrected chi connectivity index (χ4v) is 3.39. The van der Waals surface area contributed by atoms with Gasteiger partial charge in [0.1, 0.15) is 12.4 Å². The normalized spacial score (nSPS) is 12.7. The van der Waals surface area contributed by atoms with Gasteiger partial charge in [0, 0.05) is 13.1 Å². The summed E-state index contributed by atoms with van der Waals surface area (Å²) >= 11 is 11.8. The average molecular weight is 467 g/mol. The van der Waals surface area contributed by atoms with Crippen molar-refractivity contribution >= 4 is 46.9 Å². The van der Waals surface area contributed by atoms with Gasteiger partial charge in [-0.15, -0.1) is 0 Å². The number of hydrogen-bond acceptors (Lipinski definition) is 5. The van der Waals surface area contributed by atoms with Gasteiger partial charge in [-0.1, -0.05) is 35.3 Å². The average Bonchev–Trinajstić information content (AvgIpc) is 2.95. The Morgan fingerprint density at radius 3 is 2.23 bits per heavy atom. The second-order valence-corrected chi connectivity index (χ2v) is 7.52. The quantitative estimate of drug-likeness (QED) is 0.461. The predicted molar refractivity (Wildman–Crippen MR) is 110 cm³/mol. The van der Waals surface area contributed by atoms with Gasteiger partial charge in [0.05, 0.1) is 21.2 Å². The second-order valence-electron chi connectivity index (χ2n) is 6.71. The Kier molecular flexibility index (Phi) is 6.92. The van der Waals surface area contributed by atoms with Gasteiger partial charge < -0.3 is 9.64 Å². The van der Waals surface area contributed by atoms with Crippen molar-refractivity contribution in [3.05, 3.63) is 69.0 Å². The molecule has 2 aromatic carbocycles. The topological polar surface area (TPSA) is 84.0 Å². The van der Waals surface area contributed by atoms with Gasteiger partial charge in [0.2, 0.25) is 0 Å². The molecule has 1 aliphatic heterocycles. The lowest BCUT2D eigenvalue weighted by molar-refractivity contribution is -0.152. The van der Waals surface area contributed by atoms with E-state index in [-0.39, 0.29) is 27.7 Å². The van der Waals surface area contributed by atoms with Crippen LogP contribution in [0.25, 0.3) is 0 Å². The first-order valence-electron chi connectivity index (χ1n) is 9.24. The molecule has 0 spiro atoms. The molecule has 0 unspecified atom stereocenters. The van der Waals surface area contributed by atoms with Crippen molar-refractivity contribution in [2.24, 2.45) is 0 Å². The number of benzene rings is 2. The molecule has 162 valence electrons. The van der Waals surface area contributed by atoms with Gasteiger partial charge in [-0.05, 0) is 36.8 Å². The van der Waals surface area contributed by atoms with Crippen LogP contribution in [0.3, 0.4) is 0 Å². The van der Waals surface area contributed by atoms with E-state index >= 15 is 0 Å². The van der Waals surface area contributed by atoms with Crippen LogP contribution in [0.15, 0.2) is 36.4 Å². The molecule has 0 saturated heterocycles. The summed E-state index contributed by atoms with van der Waals surface area (Å²) in [6, 6.07) is 8.34. The Labute approximate surface area is 187 Å². The summed E-state index contributed by atoms with van der Waals surface area (Å²) in [6.45, 7) is 0.944. The molecular formula is C21H17Cl2FN2O5. The van der Waals surface area contributed by atoms with Gasteiger partial charge in [-0.2, -0.15) is 0 Å². The maximum atomic E-state index is 13.3.